The van der Waals surface area contributed by atoms with Crippen molar-refractivity contribution in [2.24, 2.45) is 0 Å². The van der Waals surface area contributed by atoms with Gasteiger partial charge in [0.1, 0.15) is 11.6 Å². The molecule has 0 aliphatic rings. The predicted molar refractivity (Wildman–Crippen MR) is 83.1 cm³/mol. The number of benzene rings is 1. The number of anilines is 3. The molecule has 0 atom stereocenters. The van der Waals surface area contributed by atoms with Gasteiger partial charge in [0.15, 0.2) is 5.82 Å². The van der Waals surface area contributed by atoms with Crippen molar-refractivity contribution in [2.45, 2.75) is 6.92 Å². The van der Waals surface area contributed by atoms with Gasteiger partial charge in [-0.15, -0.1) is 0 Å². The Morgan fingerprint density at radius 1 is 1.10 bits per heavy atom. The Kier molecular flexibility index (Phi) is 4.91. The van der Waals surface area contributed by atoms with Gasteiger partial charge >= 0.3 is 0 Å². The average Bonchev–Trinajstić information content (AvgIpc) is 2.39. The number of hydrogen-bond acceptors (Lipinski definition) is 3. The fourth-order valence-corrected chi connectivity index (χ4v) is 2.26. The van der Waals surface area contributed by atoms with Crippen LogP contribution in [0.3, 0.4) is 0 Å². The van der Waals surface area contributed by atoms with E-state index in [2.05, 4.69) is 15.6 Å². The Bertz CT molecular complexity index is 614. The van der Waals surface area contributed by atoms with E-state index >= 15 is 0 Å². The van der Waals surface area contributed by atoms with Gasteiger partial charge in [0.25, 0.3) is 0 Å². The molecule has 20 heavy (non-hydrogen) atoms. The molecule has 2 N–H and O–H groups in total. The summed E-state index contributed by atoms with van der Waals surface area (Å²) < 4.78 is 13.7. The van der Waals surface area contributed by atoms with Crippen LogP contribution in [0.25, 0.3) is 0 Å². The zero-order valence-corrected chi connectivity index (χ0v) is 12.7. The molecule has 2 rings (SSSR count). The van der Waals surface area contributed by atoms with Crippen molar-refractivity contribution >= 4 is 52.1 Å². The highest BCUT2D eigenvalue weighted by molar-refractivity contribution is 6.37. The van der Waals surface area contributed by atoms with E-state index in [4.69, 9.17) is 34.8 Å². The lowest BCUT2D eigenvalue weighted by molar-refractivity contribution is 0.632. The van der Waals surface area contributed by atoms with Crippen LogP contribution in [-0.4, -0.2) is 11.5 Å². The minimum absolute atomic E-state index is 0.119. The monoisotopic (exact) mass is 333 g/mol. The summed E-state index contributed by atoms with van der Waals surface area (Å²) in [6.45, 7) is 2.56. The van der Waals surface area contributed by atoms with Gasteiger partial charge in [0, 0.05) is 6.54 Å². The van der Waals surface area contributed by atoms with Gasteiger partial charge < -0.3 is 10.6 Å². The van der Waals surface area contributed by atoms with Gasteiger partial charge in [-0.1, -0.05) is 40.9 Å². The van der Waals surface area contributed by atoms with Crippen LogP contribution in [-0.2, 0) is 0 Å². The highest BCUT2D eigenvalue weighted by Crippen LogP contribution is 2.34. The fourth-order valence-electron chi connectivity index (χ4n) is 1.58. The van der Waals surface area contributed by atoms with E-state index in [1.54, 1.807) is 6.07 Å². The van der Waals surface area contributed by atoms with Crippen molar-refractivity contribution < 1.29 is 4.39 Å². The van der Waals surface area contributed by atoms with Gasteiger partial charge in [-0.2, -0.15) is 0 Å². The summed E-state index contributed by atoms with van der Waals surface area (Å²) in [5.74, 6) is 0.253. The normalized spacial score (nSPS) is 10.4. The second-order valence-corrected chi connectivity index (χ2v) is 5.12. The molecule has 106 valence electrons. The lowest BCUT2D eigenvalue weighted by Crippen LogP contribution is -2.04. The van der Waals surface area contributed by atoms with Gasteiger partial charge in [-0.05, 0) is 25.1 Å². The Balaban J connectivity index is 2.40. The molecule has 0 saturated heterocycles. The number of para-hydroxylation sites is 1. The minimum atomic E-state index is -0.490. The largest absolute Gasteiger partial charge is 0.369 e. The van der Waals surface area contributed by atoms with Gasteiger partial charge in [0.2, 0.25) is 0 Å². The zero-order chi connectivity index (χ0) is 14.7. The molecule has 0 unspecified atom stereocenters. The molecule has 1 aromatic carbocycles. The molecule has 0 fully saturated rings. The van der Waals surface area contributed by atoms with Crippen LogP contribution in [0.1, 0.15) is 6.92 Å². The van der Waals surface area contributed by atoms with E-state index in [0.29, 0.717) is 17.4 Å². The van der Waals surface area contributed by atoms with E-state index in [1.807, 2.05) is 6.92 Å². The number of pyridine rings is 1. The third-order valence-corrected chi connectivity index (χ3v) is 3.37. The Morgan fingerprint density at radius 3 is 2.45 bits per heavy atom. The second kappa shape index (κ2) is 6.48. The number of aromatic nitrogens is 1. The summed E-state index contributed by atoms with van der Waals surface area (Å²) in [5, 5.41) is 6.68. The number of hydrogen-bond donors (Lipinski definition) is 2. The first-order valence-corrected chi connectivity index (χ1v) is 6.97. The van der Waals surface area contributed by atoms with E-state index in [9.17, 15) is 4.39 Å². The van der Waals surface area contributed by atoms with Gasteiger partial charge in [0.05, 0.1) is 20.8 Å². The quantitative estimate of drug-likeness (QED) is 0.790. The SMILES string of the molecule is CCNc1nc(Nc2c(F)cccc2Cl)c(Cl)cc1Cl. The fraction of sp³-hybridized carbons (Fsp3) is 0.154. The summed E-state index contributed by atoms with van der Waals surface area (Å²) in [6.07, 6.45) is 0. The molecule has 0 saturated carbocycles. The Labute approximate surface area is 131 Å². The molecule has 0 radical (unpaired) electrons. The number of rotatable bonds is 4. The average molecular weight is 335 g/mol. The summed E-state index contributed by atoms with van der Waals surface area (Å²) in [6, 6.07) is 5.92. The molecular formula is C13H11Cl3FN3. The van der Waals surface area contributed by atoms with Crippen LogP contribution >= 0.6 is 34.8 Å². The molecule has 2 aromatic rings. The highest BCUT2D eigenvalue weighted by atomic mass is 35.5. The first-order chi connectivity index (χ1) is 9.52. The summed E-state index contributed by atoms with van der Waals surface area (Å²) in [5.41, 5.74) is 0.119. The van der Waals surface area contributed by atoms with Crippen molar-refractivity contribution in [3.8, 4) is 0 Å². The number of nitrogens with one attached hydrogen (secondary N) is 2. The molecule has 3 nitrogen and oxygen atoms in total. The van der Waals surface area contributed by atoms with Gasteiger partial charge in [-0.3, -0.25) is 0 Å². The number of halogens is 4. The van der Waals surface area contributed by atoms with E-state index < -0.39 is 5.82 Å². The summed E-state index contributed by atoms with van der Waals surface area (Å²) in [4.78, 5) is 4.23. The maximum Gasteiger partial charge on any atom is 0.151 e. The smallest absolute Gasteiger partial charge is 0.151 e. The molecular weight excluding hydrogens is 324 g/mol. The van der Waals surface area contributed by atoms with E-state index in [0.717, 1.165) is 0 Å². The topological polar surface area (TPSA) is 37.0 Å². The standard InChI is InChI=1S/C13H11Cl3FN3/c1-2-18-12-8(15)6-9(16)13(20-12)19-11-7(14)4-3-5-10(11)17/h3-6H,2H2,1H3,(H2,18,19,20). The first-order valence-electron chi connectivity index (χ1n) is 5.84. The molecule has 0 aliphatic carbocycles. The lowest BCUT2D eigenvalue weighted by atomic mass is 10.3. The highest BCUT2D eigenvalue weighted by Gasteiger charge is 2.13. The zero-order valence-electron chi connectivity index (χ0n) is 10.5. The van der Waals surface area contributed by atoms with Gasteiger partial charge in [-0.25, -0.2) is 9.37 Å². The molecule has 0 bridgehead atoms. The number of nitrogens with zero attached hydrogens (tertiary/aromatic N) is 1. The Hall–Kier alpha value is -1.23. The summed E-state index contributed by atoms with van der Waals surface area (Å²) in [7, 11) is 0. The van der Waals surface area contributed by atoms with Crippen LogP contribution in [0.2, 0.25) is 15.1 Å². The molecule has 1 heterocycles. The maximum absolute atomic E-state index is 13.7. The molecule has 1 aromatic heterocycles. The van der Waals surface area contributed by atoms with Crippen molar-refractivity contribution in [3.05, 3.63) is 45.2 Å². The minimum Gasteiger partial charge on any atom is -0.369 e. The van der Waals surface area contributed by atoms with E-state index in [1.165, 1.54) is 18.2 Å². The van der Waals surface area contributed by atoms with Crippen LogP contribution in [0.15, 0.2) is 24.3 Å². The lowest BCUT2D eigenvalue weighted by Gasteiger charge is -2.13. The second-order valence-electron chi connectivity index (χ2n) is 3.90. The molecule has 7 heteroatoms. The van der Waals surface area contributed by atoms with Crippen molar-refractivity contribution in [3.63, 3.8) is 0 Å². The van der Waals surface area contributed by atoms with Crippen LogP contribution in [0.5, 0.6) is 0 Å². The Morgan fingerprint density at radius 2 is 1.80 bits per heavy atom. The first kappa shape index (κ1) is 15.2. The molecule has 0 spiro atoms. The van der Waals surface area contributed by atoms with Crippen LogP contribution < -0.4 is 10.6 Å². The third kappa shape index (κ3) is 3.26. The third-order valence-electron chi connectivity index (χ3n) is 2.48. The predicted octanol–water partition coefficient (Wildman–Crippen LogP) is 5.36. The summed E-state index contributed by atoms with van der Waals surface area (Å²) >= 11 is 18.0. The van der Waals surface area contributed by atoms with Crippen LogP contribution in [0.4, 0.5) is 21.7 Å². The molecule has 0 aliphatic heterocycles. The van der Waals surface area contributed by atoms with Crippen molar-refractivity contribution in [1.82, 2.24) is 4.98 Å². The van der Waals surface area contributed by atoms with Crippen molar-refractivity contribution in [2.75, 3.05) is 17.2 Å². The van der Waals surface area contributed by atoms with E-state index in [-0.39, 0.29) is 21.6 Å². The van der Waals surface area contributed by atoms with Crippen LogP contribution in [0, 0.1) is 5.82 Å². The maximum atomic E-state index is 13.7. The molecule has 0 amide bonds. The van der Waals surface area contributed by atoms with Crippen molar-refractivity contribution in [1.29, 1.82) is 0 Å².